The molecule has 0 aromatic heterocycles. The van der Waals surface area contributed by atoms with Crippen molar-refractivity contribution in [2.75, 3.05) is 45.8 Å². The molecule has 51 heavy (non-hydrogen) atoms. The van der Waals surface area contributed by atoms with Crippen molar-refractivity contribution in [1.82, 2.24) is 10.2 Å². The number of rotatable bonds is 18. The second-order valence-corrected chi connectivity index (χ2v) is 14.3. The van der Waals surface area contributed by atoms with Gasteiger partial charge in [-0.25, -0.2) is 8.42 Å². The first kappa shape index (κ1) is 39.0. The lowest BCUT2D eigenvalue weighted by atomic mass is 10.0. The maximum Gasteiger partial charge on any atom is 0.265 e. The number of anilines is 1. The normalized spacial score (nSPS) is 11.6. The number of amides is 2. The number of unbranched alkanes of at least 4 members (excludes halogenated alkanes) is 1. The largest absolute Gasteiger partial charge is 0.497 e. The quantitative estimate of drug-likeness (QED) is 0.118. The van der Waals surface area contributed by atoms with E-state index >= 15 is 0 Å². The zero-order chi connectivity index (χ0) is 37.0. The summed E-state index contributed by atoms with van der Waals surface area (Å²) in [6.07, 6.45) is 1.83. The van der Waals surface area contributed by atoms with Crippen molar-refractivity contribution >= 4 is 43.5 Å². The van der Waals surface area contributed by atoms with Crippen LogP contribution in [0.25, 0.3) is 0 Å². The Morgan fingerprint density at radius 2 is 1.47 bits per heavy atom. The van der Waals surface area contributed by atoms with Crippen LogP contribution in [-0.2, 0) is 32.6 Å². The lowest BCUT2D eigenvalue weighted by Gasteiger charge is -2.34. The van der Waals surface area contributed by atoms with E-state index in [9.17, 15) is 18.0 Å². The number of nitrogens with one attached hydrogen (secondary N) is 1. The first-order chi connectivity index (χ1) is 24.6. The number of carbonyl (C=O) groups is 2. The summed E-state index contributed by atoms with van der Waals surface area (Å²) in [6.45, 7) is 1.80. The van der Waals surface area contributed by atoms with Crippen molar-refractivity contribution in [3.63, 3.8) is 0 Å². The second kappa shape index (κ2) is 18.5. The summed E-state index contributed by atoms with van der Waals surface area (Å²) < 4.78 is 52.9. The van der Waals surface area contributed by atoms with Gasteiger partial charge in [-0.2, -0.15) is 0 Å². The average molecular weight is 783 g/mol. The standard InChI is InChI=1S/C38H44BrN3O8S/c1-6-7-20-40-38(44)33(22-27-12-9-8-10-13-27)41(25-28-14-11-15-29(39)21-28)37(43)26-42(32-23-30(47-2)16-18-34(32)48-3)51(45,46)31-17-19-35(49-4)36(24-31)50-5/h8-19,21,23-24,33H,6-7,20,22,25-26H2,1-5H3,(H,40,44). The fourth-order valence-corrected chi connectivity index (χ4v) is 7.38. The zero-order valence-electron chi connectivity index (χ0n) is 29.4. The molecule has 2 amide bonds. The molecule has 1 N–H and O–H groups in total. The lowest BCUT2D eigenvalue weighted by molar-refractivity contribution is -0.140. The van der Waals surface area contributed by atoms with Gasteiger partial charge in [0.2, 0.25) is 11.8 Å². The van der Waals surface area contributed by atoms with Gasteiger partial charge < -0.3 is 29.2 Å². The molecule has 0 radical (unpaired) electrons. The van der Waals surface area contributed by atoms with E-state index in [1.165, 1.54) is 57.6 Å². The summed E-state index contributed by atoms with van der Waals surface area (Å²) in [7, 11) is 1.22. The van der Waals surface area contributed by atoms with Gasteiger partial charge in [0, 0.05) is 36.1 Å². The van der Waals surface area contributed by atoms with Crippen molar-refractivity contribution in [3.8, 4) is 23.0 Å². The van der Waals surface area contributed by atoms with Gasteiger partial charge in [-0.15, -0.1) is 0 Å². The van der Waals surface area contributed by atoms with E-state index in [1.807, 2.05) is 61.5 Å². The molecule has 0 aliphatic heterocycles. The molecule has 0 saturated carbocycles. The van der Waals surface area contributed by atoms with Gasteiger partial charge in [0.25, 0.3) is 10.0 Å². The van der Waals surface area contributed by atoms with Gasteiger partial charge in [-0.1, -0.05) is 71.7 Å². The maximum absolute atomic E-state index is 14.8. The van der Waals surface area contributed by atoms with Gasteiger partial charge in [-0.3, -0.25) is 13.9 Å². The Hall–Kier alpha value is -4.75. The molecule has 0 heterocycles. The molecule has 272 valence electrons. The van der Waals surface area contributed by atoms with Crippen LogP contribution in [0.2, 0.25) is 0 Å². The topological polar surface area (TPSA) is 124 Å². The first-order valence-corrected chi connectivity index (χ1v) is 18.6. The molecule has 1 unspecified atom stereocenters. The van der Waals surface area contributed by atoms with E-state index in [0.717, 1.165) is 32.7 Å². The molecule has 0 bridgehead atoms. The van der Waals surface area contributed by atoms with Gasteiger partial charge in [0.05, 0.1) is 39.0 Å². The van der Waals surface area contributed by atoms with Crippen molar-refractivity contribution < 1.29 is 37.0 Å². The number of carbonyl (C=O) groups excluding carboxylic acids is 2. The van der Waals surface area contributed by atoms with Crippen molar-refractivity contribution in [2.24, 2.45) is 0 Å². The molecule has 13 heteroatoms. The minimum Gasteiger partial charge on any atom is -0.497 e. The maximum atomic E-state index is 14.8. The summed E-state index contributed by atoms with van der Waals surface area (Å²) in [5, 5.41) is 3.00. The summed E-state index contributed by atoms with van der Waals surface area (Å²) in [6, 6.07) is 24.7. The summed E-state index contributed by atoms with van der Waals surface area (Å²) in [5.41, 5.74) is 1.64. The highest BCUT2D eigenvalue weighted by Crippen LogP contribution is 2.38. The fourth-order valence-electron chi connectivity index (χ4n) is 5.50. The van der Waals surface area contributed by atoms with E-state index in [1.54, 1.807) is 12.1 Å². The minimum atomic E-state index is -4.49. The molecular weight excluding hydrogens is 738 g/mol. The predicted octanol–water partition coefficient (Wildman–Crippen LogP) is 6.24. The number of ether oxygens (including phenoxy) is 4. The molecule has 4 rings (SSSR count). The number of sulfonamides is 1. The van der Waals surface area contributed by atoms with Crippen LogP contribution in [0, 0.1) is 0 Å². The number of hydrogen-bond donors (Lipinski definition) is 1. The van der Waals surface area contributed by atoms with Crippen LogP contribution in [-0.4, -0.2) is 72.7 Å². The first-order valence-electron chi connectivity index (χ1n) is 16.4. The van der Waals surface area contributed by atoms with Crippen LogP contribution in [0.1, 0.15) is 30.9 Å². The summed E-state index contributed by atoms with van der Waals surface area (Å²) >= 11 is 3.51. The summed E-state index contributed by atoms with van der Waals surface area (Å²) in [5.74, 6) is 0.0826. The number of halogens is 1. The van der Waals surface area contributed by atoms with Gasteiger partial charge in [0.1, 0.15) is 24.1 Å². The van der Waals surface area contributed by atoms with Crippen molar-refractivity contribution in [2.45, 2.75) is 43.7 Å². The number of benzene rings is 4. The number of nitrogens with zero attached hydrogens (tertiary/aromatic N) is 2. The molecule has 4 aromatic rings. The molecular formula is C38H44BrN3O8S. The number of methoxy groups -OCH3 is 4. The fraction of sp³-hybridized carbons (Fsp3) is 0.316. The third-order valence-corrected chi connectivity index (χ3v) is 10.5. The van der Waals surface area contributed by atoms with Crippen LogP contribution in [0.15, 0.2) is 100 Å². The van der Waals surface area contributed by atoms with E-state index in [0.29, 0.717) is 18.0 Å². The highest BCUT2D eigenvalue weighted by Gasteiger charge is 2.36. The Morgan fingerprint density at radius 1 is 0.784 bits per heavy atom. The molecule has 4 aromatic carbocycles. The minimum absolute atomic E-state index is 0.0243. The SMILES string of the molecule is CCCCNC(=O)C(Cc1ccccc1)N(Cc1cccc(Br)c1)C(=O)CN(c1cc(OC)ccc1OC)S(=O)(=O)c1ccc(OC)c(OC)c1. The molecule has 0 saturated heterocycles. The van der Waals surface area contributed by atoms with Crippen LogP contribution < -0.4 is 28.6 Å². The summed E-state index contributed by atoms with van der Waals surface area (Å²) in [4.78, 5) is 30.1. The highest BCUT2D eigenvalue weighted by molar-refractivity contribution is 9.10. The Balaban J connectivity index is 1.89. The molecule has 1 atom stereocenters. The van der Waals surface area contributed by atoms with Gasteiger partial charge in [0.15, 0.2) is 11.5 Å². The van der Waals surface area contributed by atoms with E-state index in [4.69, 9.17) is 18.9 Å². The third-order valence-electron chi connectivity index (χ3n) is 8.22. The van der Waals surface area contributed by atoms with Crippen LogP contribution in [0.3, 0.4) is 0 Å². The smallest absolute Gasteiger partial charge is 0.265 e. The molecule has 0 aliphatic rings. The monoisotopic (exact) mass is 781 g/mol. The molecule has 11 nitrogen and oxygen atoms in total. The van der Waals surface area contributed by atoms with Crippen molar-refractivity contribution in [1.29, 1.82) is 0 Å². The molecule has 0 aliphatic carbocycles. The van der Waals surface area contributed by atoms with E-state index in [-0.39, 0.29) is 41.0 Å². The zero-order valence-corrected chi connectivity index (χ0v) is 31.8. The van der Waals surface area contributed by atoms with E-state index in [2.05, 4.69) is 21.2 Å². The molecule has 0 fully saturated rings. The predicted molar refractivity (Wildman–Crippen MR) is 200 cm³/mol. The average Bonchev–Trinajstić information content (AvgIpc) is 3.14. The Morgan fingerprint density at radius 3 is 2.12 bits per heavy atom. The van der Waals surface area contributed by atoms with Gasteiger partial charge in [-0.05, 0) is 53.9 Å². The second-order valence-electron chi connectivity index (χ2n) is 11.6. The Labute approximate surface area is 308 Å². The Bertz CT molecular complexity index is 1890. The third kappa shape index (κ3) is 9.95. The molecule has 0 spiro atoms. The lowest BCUT2D eigenvalue weighted by Crippen LogP contribution is -2.53. The highest BCUT2D eigenvalue weighted by atomic mass is 79.9. The van der Waals surface area contributed by atoms with Crippen LogP contribution in [0.5, 0.6) is 23.0 Å². The van der Waals surface area contributed by atoms with Crippen molar-refractivity contribution in [3.05, 3.63) is 107 Å². The van der Waals surface area contributed by atoms with Gasteiger partial charge >= 0.3 is 0 Å². The van der Waals surface area contributed by atoms with Crippen LogP contribution >= 0.6 is 15.9 Å². The number of hydrogen-bond acceptors (Lipinski definition) is 8. The Kier molecular flexibility index (Phi) is 14.1. The van der Waals surface area contributed by atoms with E-state index < -0.39 is 28.5 Å². The van der Waals surface area contributed by atoms with Crippen LogP contribution in [0.4, 0.5) is 5.69 Å².